The van der Waals surface area contributed by atoms with Crippen LogP contribution >= 0.6 is 0 Å². The van der Waals surface area contributed by atoms with Crippen LogP contribution < -0.4 is 0 Å². The molecule has 0 aliphatic heterocycles. The van der Waals surface area contributed by atoms with Gasteiger partial charge in [0.2, 0.25) is 0 Å². The van der Waals surface area contributed by atoms with Crippen molar-refractivity contribution in [3.8, 4) is 0 Å². The minimum atomic E-state index is -0.0529. The molecule has 1 atom stereocenters. The van der Waals surface area contributed by atoms with Crippen molar-refractivity contribution in [1.82, 2.24) is 0 Å². The predicted molar refractivity (Wildman–Crippen MR) is 89.1 cm³/mol. The Balaban J connectivity index is 2.51. The molecule has 0 saturated heterocycles. The summed E-state index contributed by atoms with van der Waals surface area (Å²) in [5, 5.41) is 0. The molecule has 0 aromatic carbocycles. The van der Waals surface area contributed by atoms with Gasteiger partial charge in [-0.2, -0.15) is 0 Å². The molecular formula is C19H34O2. The molecule has 0 fully saturated rings. The van der Waals surface area contributed by atoms with Crippen molar-refractivity contribution in [1.29, 1.82) is 0 Å². The zero-order chi connectivity index (χ0) is 16.2. The van der Waals surface area contributed by atoms with E-state index in [2.05, 4.69) is 54.5 Å². The van der Waals surface area contributed by atoms with E-state index in [9.17, 15) is 4.79 Å². The van der Waals surface area contributed by atoms with Gasteiger partial charge in [-0.3, -0.25) is 4.79 Å². The second-order valence-electron chi connectivity index (χ2n) is 8.32. The Hall–Kier alpha value is -0.790. The maximum atomic E-state index is 12.1. The zero-order valence-electron chi connectivity index (χ0n) is 15.0. The van der Waals surface area contributed by atoms with Crippen LogP contribution in [0.1, 0.15) is 74.1 Å². The first-order valence-corrected chi connectivity index (χ1v) is 8.48. The number of hydrogen-bond donors (Lipinski definition) is 0. The summed E-state index contributed by atoms with van der Waals surface area (Å²) >= 11 is 0. The molecule has 2 nitrogen and oxygen atoms in total. The first kappa shape index (κ1) is 18.3. The zero-order valence-corrected chi connectivity index (χ0v) is 15.0. The van der Waals surface area contributed by atoms with E-state index in [0.29, 0.717) is 23.7 Å². The van der Waals surface area contributed by atoms with Crippen molar-refractivity contribution in [2.45, 2.75) is 80.3 Å². The molecule has 1 aliphatic rings. The minimum Gasteiger partial charge on any atom is -0.462 e. The van der Waals surface area contributed by atoms with Crippen LogP contribution in [0.15, 0.2) is 11.6 Å². The molecule has 122 valence electrons. The maximum absolute atomic E-state index is 12.1. The molecule has 21 heavy (non-hydrogen) atoms. The normalized spacial score (nSPS) is 20.1. The number of hydrogen-bond acceptors (Lipinski definition) is 2. The monoisotopic (exact) mass is 294 g/mol. The van der Waals surface area contributed by atoms with Gasteiger partial charge >= 0.3 is 5.97 Å². The number of rotatable bonds is 5. The van der Waals surface area contributed by atoms with E-state index < -0.39 is 0 Å². The summed E-state index contributed by atoms with van der Waals surface area (Å²) in [5.74, 6) is 1.43. The second kappa shape index (κ2) is 7.47. The molecule has 0 heterocycles. The molecule has 0 saturated carbocycles. The molecular weight excluding hydrogens is 260 g/mol. The van der Waals surface area contributed by atoms with Crippen LogP contribution in [0.4, 0.5) is 0 Å². The van der Waals surface area contributed by atoms with E-state index in [0.717, 1.165) is 18.8 Å². The van der Waals surface area contributed by atoms with Crippen LogP contribution in [0.5, 0.6) is 0 Å². The molecule has 0 unspecified atom stereocenters. The highest BCUT2D eigenvalue weighted by atomic mass is 16.5. The Morgan fingerprint density at radius 1 is 1.24 bits per heavy atom. The summed E-state index contributed by atoms with van der Waals surface area (Å²) in [6, 6.07) is 0. The number of ether oxygens (including phenoxy) is 1. The van der Waals surface area contributed by atoms with Crippen LogP contribution in [0.25, 0.3) is 0 Å². The second-order valence-corrected chi connectivity index (χ2v) is 8.32. The molecule has 2 heteroatoms. The third-order valence-corrected chi connectivity index (χ3v) is 4.68. The van der Waals surface area contributed by atoms with Gasteiger partial charge in [0.15, 0.2) is 0 Å². The van der Waals surface area contributed by atoms with E-state index in [-0.39, 0.29) is 12.1 Å². The molecule has 0 N–H and O–H groups in total. The van der Waals surface area contributed by atoms with Crippen molar-refractivity contribution < 1.29 is 9.53 Å². The SMILES string of the molecule is CC(C)C(OC(=O)CC1=CC[C@@H](C(C)(C)C)CC1)C(C)C. The third-order valence-electron chi connectivity index (χ3n) is 4.68. The molecule has 0 amide bonds. The minimum absolute atomic E-state index is 0.0315. The van der Waals surface area contributed by atoms with Crippen LogP contribution in [0.3, 0.4) is 0 Å². The molecule has 1 rings (SSSR count). The van der Waals surface area contributed by atoms with Gasteiger partial charge in [0.1, 0.15) is 6.10 Å². The van der Waals surface area contributed by atoms with Crippen molar-refractivity contribution in [3.63, 3.8) is 0 Å². The average Bonchev–Trinajstić information content (AvgIpc) is 2.34. The summed E-state index contributed by atoms with van der Waals surface area (Å²) in [6.07, 6.45) is 6.13. The molecule has 0 bridgehead atoms. The number of allylic oxidation sites excluding steroid dienone is 1. The molecule has 0 aromatic heterocycles. The van der Waals surface area contributed by atoms with Crippen LogP contribution in [0, 0.1) is 23.2 Å². The van der Waals surface area contributed by atoms with Crippen LogP contribution in [-0.4, -0.2) is 12.1 Å². The average molecular weight is 294 g/mol. The highest BCUT2D eigenvalue weighted by Crippen LogP contribution is 2.37. The van der Waals surface area contributed by atoms with Gasteiger partial charge in [0.05, 0.1) is 6.42 Å². The summed E-state index contributed by atoms with van der Waals surface area (Å²) in [7, 11) is 0. The van der Waals surface area contributed by atoms with Crippen molar-refractivity contribution in [3.05, 3.63) is 11.6 Å². The van der Waals surface area contributed by atoms with Gasteiger partial charge in [-0.25, -0.2) is 0 Å². The van der Waals surface area contributed by atoms with E-state index in [1.807, 2.05) is 0 Å². The van der Waals surface area contributed by atoms with Gasteiger partial charge in [-0.05, 0) is 42.4 Å². The van der Waals surface area contributed by atoms with Gasteiger partial charge < -0.3 is 4.74 Å². The Labute approximate surface area is 131 Å². The van der Waals surface area contributed by atoms with E-state index in [4.69, 9.17) is 4.74 Å². The Morgan fingerprint density at radius 2 is 1.81 bits per heavy atom. The van der Waals surface area contributed by atoms with Crippen molar-refractivity contribution in [2.75, 3.05) is 0 Å². The Bertz CT molecular complexity index is 364. The lowest BCUT2D eigenvalue weighted by Crippen LogP contribution is -2.29. The Morgan fingerprint density at radius 3 is 2.19 bits per heavy atom. The fourth-order valence-corrected chi connectivity index (χ4v) is 3.26. The summed E-state index contributed by atoms with van der Waals surface area (Å²) in [4.78, 5) is 12.1. The Kier molecular flexibility index (Phi) is 6.49. The third kappa shape index (κ3) is 5.84. The smallest absolute Gasteiger partial charge is 0.310 e. The van der Waals surface area contributed by atoms with Crippen molar-refractivity contribution >= 4 is 5.97 Å². The number of carbonyl (C=O) groups excluding carboxylic acids is 1. The topological polar surface area (TPSA) is 26.3 Å². The lowest BCUT2D eigenvalue weighted by atomic mass is 9.73. The quantitative estimate of drug-likeness (QED) is 0.503. The molecule has 0 spiro atoms. The fraction of sp³-hybridized carbons (Fsp3) is 0.842. The summed E-state index contributed by atoms with van der Waals surface area (Å²) in [6.45, 7) is 15.4. The molecule has 0 radical (unpaired) electrons. The van der Waals surface area contributed by atoms with Gasteiger partial charge in [0, 0.05) is 0 Å². The highest BCUT2D eigenvalue weighted by Gasteiger charge is 2.27. The first-order chi connectivity index (χ1) is 9.61. The maximum Gasteiger partial charge on any atom is 0.310 e. The fourth-order valence-electron chi connectivity index (χ4n) is 3.26. The number of carbonyl (C=O) groups is 1. The molecule has 1 aliphatic carbocycles. The van der Waals surface area contributed by atoms with Gasteiger partial charge in [0.25, 0.3) is 0 Å². The van der Waals surface area contributed by atoms with Crippen molar-refractivity contribution in [2.24, 2.45) is 23.2 Å². The highest BCUT2D eigenvalue weighted by molar-refractivity contribution is 5.72. The summed E-state index contributed by atoms with van der Waals surface area (Å²) in [5.41, 5.74) is 1.63. The van der Waals surface area contributed by atoms with Crippen LogP contribution in [0.2, 0.25) is 0 Å². The lowest BCUT2D eigenvalue weighted by molar-refractivity contribution is -0.153. The van der Waals surface area contributed by atoms with Crippen LogP contribution in [-0.2, 0) is 9.53 Å². The van der Waals surface area contributed by atoms with E-state index in [1.54, 1.807) is 0 Å². The standard InChI is InChI=1S/C19H34O2/c1-13(2)18(14(3)4)21-17(20)12-15-8-10-16(11-9-15)19(5,6)7/h8,13-14,16,18H,9-12H2,1-7H3/t16-/m1/s1. The summed E-state index contributed by atoms with van der Waals surface area (Å²) < 4.78 is 5.69. The van der Waals surface area contributed by atoms with Gasteiger partial charge in [-0.15, -0.1) is 0 Å². The largest absolute Gasteiger partial charge is 0.462 e. The van der Waals surface area contributed by atoms with E-state index in [1.165, 1.54) is 12.0 Å². The van der Waals surface area contributed by atoms with Gasteiger partial charge in [-0.1, -0.05) is 60.1 Å². The first-order valence-electron chi connectivity index (χ1n) is 8.48. The van der Waals surface area contributed by atoms with E-state index >= 15 is 0 Å². The predicted octanol–water partition coefficient (Wildman–Crippen LogP) is 5.37. The molecule has 0 aromatic rings. The lowest BCUT2D eigenvalue weighted by Gasteiger charge is -2.33. The number of esters is 1.